The van der Waals surface area contributed by atoms with E-state index in [0.29, 0.717) is 0 Å². The molecule has 0 N–H and O–H groups in total. The van der Waals surface area contributed by atoms with Gasteiger partial charge in [0.2, 0.25) is 0 Å². The zero-order valence-electron chi connectivity index (χ0n) is 23.2. The first-order valence-corrected chi connectivity index (χ1v) is 14.5. The molecule has 43 heavy (non-hydrogen) atoms. The molecule has 0 radical (unpaired) electrons. The van der Waals surface area contributed by atoms with E-state index < -0.39 is 0 Å². The van der Waals surface area contributed by atoms with Crippen molar-refractivity contribution in [1.29, 1.82) is 0 Å². The van der Waals surface area contributed by atoms with Crippen molar-refractivity contribution in [2.24, 2.45) is 0 Å². The third-order valence-corrected chi connectivity index (χ3v) is 8.62. The molecule has 202 valence electrons. The maximum absolute atomic E-state index is 14.8. The zero-order valence-corrected chi connectivity index (χ0v) is 23.2. The van der Waals surface area contributed by atoms with Crippen LogP contribution in [-0.4, -0.2) is 13.7 Å². The number of fused-ring (bicyclic) bond motifs is 8. The number of nitrogens with zero attached hydrogens (tertiary/aromatic N) is 3. The minimum Gasteiger partial charge on any atom is -0.309 e. The van der Waals surface area contributed by atoms with Crippen LogP contribution in [0.4, 0.5) is 0 Å². The Balaban J connectivity index is 1.58. The van der Waals surface area contributed by atoms with Gasteiger partial charge in [0.1, 0.15) is 0 Å². The fourth-order valence-electron chi connectivity index (χ4n) is 6.85. The van der Waals surface area contributed by atoms with Crippen molar-refractivity contribution in [3.8, 4) is 17.1 Å². The van der Waals surface area contributed by atoms with Gasteiger partial charge in [0.05, 0.1) is 33.0 Å². The second-order valence-electron chi connectivity index (χ2n) is 11.0. The van der Waals surface area contributed by atoms with E-state index in [1.807, 2.05) is 59.2 Å². The van der Waals surface area contributed by atoms with Gasteiger partial charge < -0.3 is 9.13 Å². The van der Waals surface area contributed by atoms with Crippen molar-refractivity contribution in [3.05, 3.63) is 162 Å². The molecule has 9 rings (SSSR count). The maximum Gasteiger partial charge on any atom is 0.265 e. The van der Waals surface area contributed by atoms with Gasteiger partial charge in [-0.05, 0) is 60.7 Å². The number of hydrogen-bond acceptors (Lipinski definition) is 1. The van der Waals surface area contributed by atoms with E-state index in [9.17, 15) is 4.79 Å². The van der Waals surface area contributed by atoms with Crippen LogP contribution in [0.5, 0.6) is 0 Å². The van der Waals surface area contributed by atoms with Gasteiger partial charge in [-0.1, -0.05) is 91.0 Å². The molecule has 0 aliphatic carbocycles. The average molecular weight is 552 g/mol. The molecule has 0 saturated carbocycles. The van der Waals surface area contributed by atoms with Gasteiger partial charge in [-0.15, -0.1) is 0 Å². The summed E-state index contributed by atoms with van der Waals surface area (Å²) < 4.78 is 6.46. The van der Waals surface area contributed by atoms with Crippen molar-refractivity contribution in [1.82, 2.24) is 13.7 Å². The molecule has 0 fully saturated rings. The van der Waals surface area contributed by atoms with E-state index in [0.717, 1.165) is 66.2 Å². The Morgan fingerprint density at radius 2 is 0.814 bits per heavy atom. The van der Waals surface area contributed by atoms with Crippen molar-refractivity contribution in [2.75, 3.05) is 0 Å². The molecule has 4 nitrogen and oxygen atoms in total. The van der Waals surface area contributed by atoms with E-state index in [1.165, 1.54) is 5.39 Å². The Hall–Kier alpha value is -5.87. The predicted octanol–water partition coefficient (Wildman–Crippen LogP) is 9.18. The lowest BCUT2D eigenvalue weighted by Crippen LogP contribution is -2.19. The normalized spacial score (nSPS) is 11.8. The van der Waals surface area contributed by atoms with Gasteiger partial charge in [-0.25, -0.2) is 0 Å². The quantitative estimate of drug-likeness (QED) is 0.215. The highest BCUT2D eigenvalue weighted by molar-refractivity contribution is 6.22. The molecule has 4 heteroatoms. The summed E-state index contributed by atoms with van der Waals surface area (Å²) in [6, 6.07) is 52.1. The largest absolute Gasteiger partial charge is 0.309 e. The monoisotopic (exact) mass is 551 g/mol. The van der Waals surface area contributed by atoms with Crippen molar-refractivity contribution in [2.45, 2.75) is 0 Å². The summed E-state index contributed by atoms with van der Waals surface area (Å²) in [5, 5.41) is 5.03. The second kappa shape index (κ2) is 9.07. The van der Waals surface area contributed by atoms with Crippen LogP contribution in [0.3, 0.4) is 0 Å². The maximum atomic E-state index is 14.8. The summed E-state index contributed by atoms with van der Waals surface area (Å²) in [4.78, 5) is 14.8. The highest BCUT2D eigenvalue weighted by Crippen LogP contribution is 2.40. The highest BCUT2D eigenvalue weighted by Gasteiger charge is 2.23. The number of pyridine rings is 1. The summed E-state index contributed by atoms with van der Waals surface area (Å²) in [5.41, 5.74) is 7.94. The summed E-state index contributed by atoms with van der Waals surface area (Å²) in [5.74, 6) is 0. The van der Waals surface area contributed by atoms with E-state index in [-0.39, 0.29) is 5.56 Å². The lowest BCUT2D eigenvalue weighted by atomic mass is 10.1. The van der Waals surface area contributed by atoms with Gasteiger partial charge in [-0.2, -0.15) is 0 Å². The third-order valence-electron chi connectivity index (χ3n) is 8.62. The zero-order chi connectivity index (χ0) is 28.5. The Labute approximate surface area is 246 Å². The van der Waals surface area contributed by atoms with Crippen LogP contribution < -0.4 is 5.56 Å². The Morgan fingerprint density at radius 1 is 0.349 bits per heavy atom. The Kier molecular flexibility index (Phi) is 5.02. The Morgan fingerprint density at radius 3 is 1.44 bits per heavy atom. The molecule has 0 saturated heterocycles. The number of benzene rings is 6. The summed E-state index contributed by atoms with van der Waals surface area (Å²) in [6.45, 7) is 0. The van der Waals surface area contributed by atoms with E-state index >= 15 is 0 Å². The molecule has 3 aromatic heterocycles. The molecule has 0 aliphatic rings. The number of para-hydroxylation sites is 5. The predicted molar refractivity (Wildman–Crippen MR) is 178 cm³/mol. The first-order valence-electron chi connectivity index (χ1n) is 14.5. The lowest BCUT2D eigenvalue weighted by molar-refractivity contribution is 1.06. The smallest absolute Gasteiger partial charge is 0.265 e. The molecule has 0 bridgehead atoms. The van der Waals surface area contributed by atoms with E-state index in [1.54, 1.807) is 0 Å². The van der Waals surface area contributed by atoms with Crippen LogP contribution in [0, 0.1) is 0 Å². The molecule has 6 aromatic carbocycles. The average Bonchev–Trinajstić information content (AvgIpc) is 3.59. The van der Waals surface area contributed by atoms with Crippen molar-refractivity contribution < 1.29 is 0 Å². The number of rotatable bonds is 3. The van der Waals surface area contributed by atoms with Crippen LogP contribution in [0.2, 0.25) is 0 Å². The summed E-state index contributed by atoms with van der Waals surface area (Å²) >= 11 is 0. The second-order valence-corrected chi connectivity index (χ2v) is 11.0. The third kappa shape index (κ3) is 3.35. The Bertz CT molecular complexity index is 2560. The van der Waals surface area contributed by atoms with Gasteiger partial charge >= 0.3 is 0 Å². The molecule has 9 aromatic rings. The standard InChI is InChI=1S/C39H25N3O/c43-39-37-30-21-11-13-23-34(30)41(27-16-6-2-7-17-27)38(37)32-24-31-29-20-10-12-22-33(29)40(26-14-4-1-5-15-26)35(31)25-36(32)42(39)28-18-8-3-9-19-28/h1-25H. The number of aromatic nitrogens is 3. The topological polar surface area (TPSA) is 31.9 Å². The van der Waals surface area contributed by atoms with E-state index in [4.69, 9.17) is 0 Å². The van der Waals surface area contributed by atoms with Crippen molar-refractivity contribution >= 4 is 54.5 Å². The fraction of sp³-hybridized carbons (Fsp3) is 0. The molecule has 3 heterocycles. The molecular formula is C39H25N3O. The highest BCUT2D eigenvalue weighted by atomic mass is 16.1. The fourth-order valence-corrected chi connectivity index (χ4v) is 6.85. The number of hydrogen-bond donors (Lipinski definition) is 0. The first kappa shape index (κ1) is 23.8. The molecular weight excluding hydrogens is 526 g/mol. The van der Waals surface area contributed by atoms with Gasteiger partial charge in [0.25, 0.3) is 5.56 Å². The molecule has 0 unspecified atom stereocenters. The summed E-state index contributed by atoms with van der Waals surface area (Å²) in [7, 11) is 0. The molecule has 0 spiro atoms. The SMILES string of the molecule is O=c1c2c3ccccc3n(-c3ccccc3)c2c2cc3c4ccccc4n(-c4ccccc4)c3cc2n1-c1ccccc1. The van der Waals surface area contributed by atoms with Crippen LogP contribution >= 0.6 is 0 Å². The van der Waals surface area contributed by atoms with Gasteiger partial charge in [0.15, 0.2) is 0 Å². The van der Waals surface area contributed by atoms with Crippen LogP contribution in [-0.2, 0) is 0 Å². The first-order chi connectivity index (χ1) is 21.3. The van der Waals surface area contributed by atoms with Crippen molar-refractivity contribution in [3.63, 3.8) is 0 Å². The van der Waals surface area contributed by atoms with E-state index in [2.05, 4.69) is 106 Å². The van der Waals surface area contributed by atoms with Crippen LogP contribution in [0.1, 0.15) is 0 Å². The molecule has 0 amide bonds. The minimum atomic E-state index is -0.0266. The van der Waals surface area contributed by atoms with Crippen LogP contribution in [0.15, 0.2) is 156 Å². The molecule has 0 atom stereocenters. The lowest BCUT2D eigenvalue weighted by Gasteiger charge is -2.15. The van der Waals surface area contributed by atoms with Gasteiger partial charge in [0, 0.05) is 38.6 Å². The molecule has 0 aliphatic heterocycles. The minimum absolute atomic E-state index is 0.0266. The van der Waals surface area contributed by atoms with Crippen LogP contribution in [0.25, 0.3) is 71.6 Å². The summed E-state index contributed by atoms with van der Waals surface area (Å²) in [6.07, 6.45) is 0. The van der Waals surface area contributed by atoms with Gasteiger partial charge in [-0.3, -0.25) is 9.36 Å².